The Morgan fingerprint density at radius 3 is 2.31 bits per heavy atom. The first-order valence-electron chi connectivity index (χ1n) is 12.0. The van der Waals surface area contributed by atoms with Crippen molar-refractivity contribution < 1.29 is 19.4 Å². The Hall–Kier alpha value is -3.77. The molecule has 1 unspecified atom stereocenters. The van der Waals surface area contributed by atoms with Crippen molar-refractivity contribution in [3.63, 3.8) is 0 Å². The third-order valence-electron chi connectivity index (χ3n) is 6.83. The van der Waals surface area contributed by atoms with Crippen LogP contribution in [0.2, 0.25) is 5.02 Å². The number of carbonyl (C=O) groups excluding carboxylic acids is 2. The predicted octanol–water partition coefficient (Wildman–Crippen LogP) is 5.88. The van der Waals surface area contributed by atoms with Crippen molar-refractivity contribution in [1.29, 1.82) is 0 Å². The first-order chi connectivity index (χ1) is 17.4. The highest BCUT2D eigenvalue weighted by Gasteiger charge is 2.47. The standard InChI is InChI=1S/C29H27ClN2O4/c1-18-6-5-7-19(16-18)26-25(27(33)20-8-13-24(36-2)23(30)17-20)28(34)29(35)32(26)22-11-9-21(10-12-22)31-14-3-4-15-31/h5-13,16-17,26,33H,3-4,14-15H2,1-2H3/b27-25-. The van der Waals surface area contributed by atoms with E-state index in [1.54, 1.807) is 12.1 Å². The molecule has 6 nitrogen and oxygen atoms in total. The quantitative estimate of drug-likeness (QED) is 0.268. The van der Waals surface area contributed by atoms with Gasteiger partial charge in [-0.25, -0.2) is 0 Å². The lowest BCUT2D eigenvalue weighted by atomic mass is 9.94. The average molecular weight is 503 g/mol. The molecule has 3 aromatic carbocycles. The number of nitrogens with zero attached hydrogens (tertiary/aromatic N) is 2. The highest BCUT2D eigenvalue weighted by Crippen LogP contribution is 2.43. The molecule has 0 saturated carbocycles. The molecule has 36 heavy (non-hydrogen) atoms. The molecule has 0 spiro atoms. The van der Waals surface area contributed by atoms with Crippen LogP contribution in [0.25, 0.3) is 5.76 Å². The Bertz CT molecular complexity index is 1360. The summed E-state index contributed by atoms with van der Waals surface area (Å²) in [7, 11) is 1.50. The van der Waals surface area contributed by atoms with E-state index in [0.717, 1.165) is 29.9 Å². The molecular formula is C29H27ClN2O4. The van der Waals surface area contributed by atoms with Gasteiger partial charge in [-0.2, -0.15) is 0 Å². The van der Waals surface area contributed by atoms with Crippen LogP contribution >= 0.6 is 11.6 Å². The maximum atomic E-state index is 13.4. The van der Waals surface area contributed by atoms with Crippen LogP contribution < -0.4 is 14.5 Å². The van der Waals surface area contributed by atoms with Gasteiger partial charge in [0, 0.05) is 30.0 Å². The molecule has 2 heterocycles. The van der Waals surface area contributed by atoms with Gasteiger partial charge >= 0.3 is 0 Å². The third kappa shape index (κ3) is 4.22. The van der Waals surface area contributed by atoms with Crippen LogP contribution in [0.1, 0.15) is 35.6 Å². The second-order valence-electron chi connectivity index (χ2n) is 9.14. The molecule has 184 valence electrons. The summed E-state index contributed by atoms with van der Waals surface area (Å²) in [4.78, 5) is 30.6. The number of ketones is 1. The Balaban J connectivity index is 1.63. The summed E-state index contributed by atoms with van der Waals surface area (Å²) in [5.74, 6) is -1.26. The van der Waals surface area contributed by atoms with Crippen molar-refractivity contribution in [2.75, 3.05) is 30.0 Å². The lowest BCUT2D eigenvalue weighted by Gasteiger charge is -2.26. The average Bonchev–Trinajstić information content (AvgIpc) is 3.51. The number of rotatable bonds is 5. The molecule has 3 aromatic rings. The van der Waals surface area contributed by atoms with Gasteiger partial charge in [0.15, 0.2) is 0 Å². The number of hydrogen-bond acceptors (Lipinski definition) is 5. The van der Waals surface area contributed by atoms with Gasteiger partial charge in [-0.15, -0.1) is 0 Å². The van der Waals surface area contributed by atoms with E-state index in [-0.39, 0.29) is 11.3 Å². The molecule has 5 rings (SSSR count). The number of benzene rings is 3. The van der Waals surface area contributed by atoms with Gasteiger partial charge in [0.05, 0.1) is 23.7 Å². The van der Waals surface area contributed by atoms with Crippen LogP contribution in [-0.2, 0) is 9.59 Å². The van der Waals surface area contributed by atoms with Crippen molar-refractivity contribution in [2.24, 2.45) is 0 Å². The Morgan fingerprint density at radius 2 is 1.67 bits per heavy atom. The SMILES string of the molecule is COc1ccc(/C(O)=C2/C(=O)C(=O)N(c3ccc(N4CCCC4)cc3)C2c2cccc(C)c2)cc1Cl. The van der Waals surface area contributed by atoms with Crippen molar-refractivity contribution in [1.82, 2.24) is 0 Å². The topological polar surface area (TPSA) is 70.1 Å². The highest BCUT2D eigenvalue weighted by molar-refractivity contribution is 6.51. The number of aryl methyl sites for hydroxylation is 1. The number of ether oxygens (including phenoxy) is 1. The third-order valence-corrected chi connectivity index (χ3v) is 7.12. The summed E-state index contributed by atoms with van der Waals surface area (Å²) < 4.78 is 5.21. The fourth-order valence-corrected chi connectivity index (χ4v) is 5.28. The van der Waals surface area contributed by atoms with E-state index in [1.165, 1.54) is 30.9 Å². The lowest BCUT2D eigenvalue weighted by Crippen LogP contribution is -2.29. The molecular weight excluding hydrogens is 476 g/mol. The van der Waals surface area contributed by atoms with Crippen LogP contribution in [0.15, 0.2) is 72.3 Å². The first-order valence-corrected chi connectivity index (χ1v) is 12.3. The maximum Gasteiger partial charge on any atom is 0.300 e. The van der Waals surface area contributed by atoms with Gasteiger partial charge in [0.25, 0.3) is 11.7 Å². The van der Waals surface area contributed by atoms with E-state index in [1.807, 2.05) is 55.5 Å². The fraction of sp³-hybridized carbons (Fsp3) is 0.241. The normalized spacial score (nSPS) is 19.2. The minimum absolute atomic E-state index is 0.0236. The second kappa shape index (κ2) is 9.70. The van der Waals surface area contributed by atoms with E-state index in [2.05, 4.69) is 4.90 Å². The number of anilines is 2. The summed E-state index contributed by atoms with van der Waals surface area (Å²) in [6.07, 6.45) is 2.33. The van der Waals surface area contributed by atoms with Crippen molar-refractivity contribution in [3.05, 3.63) is 94.0 Å². The molecule has 1 atom stereocenters. The number of halogens is 1. The zero-order valence-electron chi connectivity index (χ0n) is 20.2. The Labute approximate surface area is 215 Å². The van der Waals surface area contributed by atoms with Crippen molar-refractivity contribution in [3.8, 4) is 5.75 Å². The summed E-state index contributed by atoms with van der Waals surface area (Å²) in [5.41, 5.74) is 3.76. The van der Waals surface area contributed by atoms with E-state index >= 15 is 0 Å². The van der Waals surface area contributed by atoms with Crippen molar-refractivity contribution >= 4 is 40.4 Å². The van der Waals surface area contributed by atoms with Gasteiger partial charge in [-0.05, 0) is 67.8 Å². The lowest BCUT2D eigenvalue weighted by molar-refractivity contribution is -0.132. The van der Waals surface area contributed by atoms with Crippen LogP contribution in [0.3, 0.4) is 0 Å². The number of carbonyl (C=O) groups is 2. The van der Waals surface area contributed by atoms with E-state index in [4.69, 9.17) is 16.3 Å². The van der Waals surface area contributed by atoms with Gasteiger partial charge in [0.2, 0.25) is 0 Å². The van der Waals surface area contributed by atoms with E-state index in [9.17, 15) is 14.7 Å². The van der Waals surface area contributed by atoms with Crippen molar-refractivity contribution in [2.45, 2.75) is 25.8 Å². The zero-order valence-corrected chi connectivity index (χ0v) is 21.0. The monoisotopic (exact) mass is 502 g/mol. The molecule has 1 N–H and O–H groups in total. The largest absolute Gasteiger partial charge is 0.507 e. The number of aliphatic hydroxyl groups is 1. The number of hydrogen-bond donors (Lipinski definition) is 1. The Kier molecular flexibility index (Phi) is 6.46. The molecule has 0 bridgehead atoms. The van der Waals surface area contributed by atoms with Crippen LogP contribution in [0, 0.1) is 6.92 Å². The van der Waals surface area contributed by atoms with Crippen LogP contribution in [0.4, 0.5) is 11.4 Å². The maximum absolute atomic E-state index is 13.4. The summed E-state index contributed by atoms with van der Waals surface area (Å²) in [5, 5.41) is 11.6. The van der Waals surface area contributed by atoms with Gasteiger partial charge < -0.3 is 14.7 Å². The van der Waals surface area contributed by atoms with Gasteiger partial charge in [-0.3, -0.25) is 14.5 Å². The van der Waals surface area contributed by atoms with Crippen LogP contribution in [-0.4, -0.2) is 37.0 Å². The molecule has 2 aliphatic heterocycles. The summed E-state index contributed by atoms with van der Waals surface area (Å²) in [6.45, 7) is 3.97. The molecule has 2 aliphatic rings. The van der Waals surface area contributed by atoms with E-state index in [0.29, 0.717) is 22.0 Å². The number of aliphatic hydroxyl groups excluding tert-OH is 1. The molecule has 0 aliphatic carbocycles. The smallest absolute Gasteiger partial charge is 0.300 e. The number of methoxy groups -OCH3 is 1. The predicted molar refractivity (Wildman–Crippen MR) is 142 cm³/mol. The first kappa shape index (κ1) is 23.9. The number of amides is 1. The number of Topliss-reactive ketones (excluding diaryl/α,β-unsaturated/α-hetero) is 1. The molecule has 0 aromatic heterocycles. The minimum Gasteiger partial charge on any atom is -0.507 e. The van der Waals surface area contributed by atoms with Gasteiger partial charge in [0.1, 0.15) is 11.5 Å². The molecule has 7 heteroatoms. The summed E-state index contributed by atoms with van der Waals surface area (Å²) >= 11 is 6.29. The molecule has 2 fully saturated rings. The Morgan fingerprint density at radius 1 is 0.972 bits per heavy atom. The molecule has 1 amide bonds. The van der Waals surface area contributed by atoms with Crippen LogP contribution in [0.5, 0.6) is 5.75 Å². The molecule has 2 saturated heterocycles. The second-order valence-corrected chi connectivity index (χ2v) is 9.55. The minimum atomic E-state index is -0.789. The highest BCUT2D eigenvalue weighted by atomic mass is 35.5. The van der Waals surface area contributed by atoms with Gasteiger partial charge in [-0.1, -0.05) is 41.4 Å². The zero-order chi connectivity index (χ0) is 25.4. The molecule has 0 radical (unpaired) electrons. The fourth-order valence-electron chi connectivity index (χ4n) is 5.02. The summed E-state index contributed by atoms with van der Waals surface area (Å²) in [6, 6.07) is 19.3. The van der Waals surface area contributed by atoms with E-state index < -0.39 is 17.7 Å².